The van der Waals surface area contributed by atoms with E-state index in [2.05, 4.69) is 15.0 Å². The second-order valence-corrected chi connectivity index (χ2v) is 10.1. The molecule has 1 fully saturated rings. The molecule has 0 unspecified atom stereocenters. The number of nitrogens with zero attached hydrogens (tertiary/aromatic N) is 1. The third-order valence-electron chi connectivity index (χ3n) is 6.00. The largest absolute Gasteiger partial charge is 0.310 e. The molecule has 32 heavy (non-hydrogen) atoms. The maximum atomic E-state index is 13.4. The van der Waals surface area contributed by atoms with Crippen LogP contribution in [0.5, 0.6) is 0 Å². The first-order valence-corrected chi connectivity index (χ1v) is 12.6. The number of carbonyl (C=O) groups excluding carboxylic acids is 1. The van der Waals surface area contributed by atoms with Crippen LogP contribution in [-0.4, -0.2) is 25.6 Å². The highest BCUT2D eigenvalue weighted by Gasteiger charge is 2.42. The second-order valence-electron chi connectivity index (χ2n) is 8.31. The lowest BCUT2D eigenvalue weighted by molar-refractivity contribution is -0.121. The topological polar surface area (TPSA) is 88.2 Å². The third-order valence-corrected chi connectivity index (χ3v) is 6.67. The molecule has 2 N–H and O–H groups in total. The highest BCUT2D eigenvalue weighted by molar-refractivity contribution is 7.88. The molecule has 7 heteroatoms. The molecule has 0 atom stereocenters. The molecule has 1 saturated carbocycles. The lowest BCUT2D eigenvalue weighted by Crippen LogP contribution is -2.38. The van der Waals surface area contributed by atoms with Gasteiger partial charge < -0.3 is 5.32 Å². The molecule has 1 amide bonds. The molecule has 3 aromatic rings. The van der Waals surface area contributed by atoms with E-state index < -0.39 is 15.4 Å². The zero-order valence-electron chi connectivity index (χ0n) is 18.0. The number of hydrogen-bond acceptors (Lipinski definition) is 4. The number of amides is 1. The number of nitrogens with one attached hydrogen (secondary N) is 2. The van der Waals surface area contributed by atoms with Crippen molar-refractivity contribution in [3.05, 3.63) is 83.9 Å². The molecule has 0 saturated heterocycles. The van der Waals surface area contributed by atoms with Crippen molar-refractivity contribution in [3.63, 3.8) is 0 Å². The van der Waals surface area contributed by atoms with E-state index in [1.165, 1.54) is 0 Å². The monoisotopic (exact) mass is 449 g/mol. The minimum atomic E-state index is -3.24. The Morgan fingerprint density at radius 3 is 2.28 bits per heavy atom. The summed E-state index contributed by atoms with van der Waals surface area (Å²) >= 11 is 0. The molecule has 6 nitrogen and oxygen atoms in total. The Bertz CT molecular complexity index is 1190. The number of benzene rings is 2. The van der Waals surface area contributed by atoms with E-state index in [-0.39, 0.29) is 12.5 Å². The van der Waals surface area contributed by atoms with E-state index >= 15 is 0 Å². The number of hydrogen-bond donors (Lipinski definition) is 2. The maximum Gasteiger partial charge on any atom is 0.236 e. The van der Waals surface area contributed by atoms with Crippen molar-refractivity contribution in [1.29, 1.82) is 0 Å². The molecule has 2 aromatic carbocycles. The van der Waals surface area contributed by atoms with Gasteiger partial charge in [0.15, 0.2) is 0 Å². The van der Waals surface area contributed by atoms with Crippen LogP contribution in [0.25, 0.3) is 11.3 Å². The van der Waals surface area contributed by atoms with Crippen molar-refractivity contribution < 1.29 is 13.2 Å². The summed E-state index contributed by atoms with van der Waals surface area (Å²) in [6.45, 7) is 0.240. The number of pyridine rings is 1. The van der Waals surface area contributed by atoms with Crippen molar-refractivity contribution in [3.8, 4) is 11.3 Å². The van der Waals surface area contributed by atoms with E-state index in [0.717, 1.165) is 54.3 Å². The van der Waals surface area contributed by atoms with Crippen LogP contribution in [0, 0.1) is 0 Å². The second kappa shape index (κ2) is 9.22. The quantitative estimate of drug-likeness (QED) is 0.564. The molecule has 0 aliphatic heterocycles. The molecule has 1 heterocycles. The van der Waals surface area contributed by atoms with E-state index in [9.17, 15) is 13.2 Å². The summed E-state index contributed by atoms with van der Waals surface area (Å²) in [5.41, 5.74) is 3.04. The average Bonchev–Trinajstić information content (AvgIpc) is 3.30. The van der Waals surface area contributed by atoms with Crippen molar-refractivity contribution in [1.82, 2.24) is 9.71 Å². The zero-order chi connectivity index (χ0) is 22.6. The minimum Gasteiger partial charge on any atom is -0.310 e. The number of anilines is 1. The van der Waals surface area contributed by atoms with Gasteiger partial charge in [-0.1, -0.05) is 73.5 Å². The predicted molar refractivity (Wildman–Crippen MR) is 127 cm³/mol. The molecule has 4 rings (SSSR count). The standard InChI is InChI=1S/C25H27N3O3S/c1-32(30,31)26-18-19-12-14-20(15-13-19)22-10-7-11-23(27-22)28-24(29)25(16-5-6-17-25)21-8-3-2-4-9-21/h2-4,7-15,26H,5-6,16-18H2,1H3,(H,27,28,29). The van der Waals surface area contributed by atoms with Gasteiger partial charge in [-0.15, -0.1) is 0 Å². The van der Waals surface area contributed by atoms with Gasteiger partial charge in [0.1, 0.15) is 5.82 Å². The molecule has 166 valence electrons. The smallest absolute Gasteiger partial charge is 0.236 e. The Morgan fingerprint density at radius 2 is 1.62 bits per heavy atom. The Labute approximate surface area is 189 Å². The van der Waals surface area contributed by atoms with E-state index in [0.29, 0.717) is 5.82 Å². The summed E-state index contributed by atoms with van der Waals surface area (Å²) in [6.07, 6.45) is 4.89. The number of sulfonamides is 1. The van der Waals surface area contributed by atoms with Crippen LogP contribution in [0.4, 0.5) is 5.82 Å². The molecule has 0 spiro atoms. The highest BCUT2D eigenvalue weighted by atomic mass is 32.2. The summed E-state index contributed by atoms with van der Waals surface area (Å²) in [7, 11) is -3.24. The SMILES string of the molecule is CS(=O)(=O)NCc1ccc(-c2cccc(NC(=O)C3(c4ccccc4)CCCC3)n2)cc1. The fraction of sp³-hybridized carbons (Fsp3) is 0.280. The van der Waals surface area contributed by atoms with E-state index in [4.69, 9.17) is 0 Å². The Morgan fingerprint density at radius 1 is 0.938 bits per heavy atom. The lowest BCUT2D eigenvalue weighted by Gasteiger charge is -2.28. The fourth-order valence-electron chi connectivity index (χ4n) is 4.29. The van der Waals surface area contributed by atoms with Crippen LogP contribution in [0.15, 0.2) is 72.8 Å². The van der Waals surface area contributed by atoms with E-state index in [1.54, 1.807) is 6.07 Å². The normalized spacial score (nSPS) is 15.4. The van der Waals surface area contributed by atoms with Crippen molar-refractivity contribution >= 4 is 21.7 Å². The average molecular weight is 450 g/mol. The summed E-state index contributed by atoms with van der Waals surface area (Å²) < 4.78 is 25.0. The fourth-order valence-corrected chi connectivity index (χ4v) is 4.72. The van der Waals surface area contributed by atoms with Gasteiger partial charge in [0.05, 0.1) is 17.4 Å². The van der Waals surface area contributed by atoms with Gasteiger partial charge in [0, 0.05) is 12.1 Å². The van der Waals surface area contributed by atoms with Crippen molar-refractivity contribution in [2.24, 2.45) is 0 Å². The van der Waals surface area contributed by atoms with Crippen LogP contribution >= 0.6 is 0 Å². The van der Waals surface area contributed by atoms with Crippen molar-refractivity contribution in [2.75, 3.05) is 11.6 Å². The molecule has 1 aromatic heterocycles. The minimum absolute atomic E-state index is 0.00644. The van der Waals surface area contributed by atoms with Gasteiger partial charge in [0.2, 0.25) is 15.9 Å². The van der Waals surface area contributed by atoms with E-state index in [1.807, 2.05) is 66.7 Å². The summed E-state index contributed by atoms with van der Waals surface area (Å²) in [4.78, 5) is 18.0. The summed E-state index contributed by atoms with van der Waals surface area (Å²) in [6, 6.07) is 23.1. The third kappa shape index (κ3) is 5.06. The first-order chi connectivity index (χ1) is 15.4. The van der Waals surface area contributed by atoms with Crippen LogP contribution in [0.3, 0.4) is 0 Å². The van der Waals surface area contributed by atoms with Crippen LogP contribution in [-0.2, 0) is 26.8 Å². The van der Waals surface area contributed by atoms with Gasteiger partial charge in [-0.05, 0) is 36.1 Å². The molecule has 1 aliphatic rings. The van der Waals surface area contributed by atoms with Crippen molar-refractivity contribution in [2.45, 2.75) is 37.6 Å². The first-order valence-electron chi connectivity index (χ1n) is 10.7. The van der Waals surface area contributed by atoms with Crippen LogP contribution in [0.1, 0.15) is 36.8 Å². The van der Waals surface area contributed by atoms with Gasteiger partial charge >= 0.3 is 0 Å². The zero-order valence-corrected chi connectivity index (χ0v) is 18.9. The van der Waals surface area contributed by atoms with Gasteiger partial charge in [-0.2, -0.15) is 0 Å². The van der Waals surface area contributed by atoms with Crippen LogP contribution in [0.2, 0.25) is 0 Å². The Kier molecular flexibility index (Phi) is 6.39. The van der Waals surface area contributed by atoms with Gasteiger partial charge in [-0.3, -0.25) is 4.79 Å². The predicted octanol–water partition coefficient (Wildman–Crippen LogP) is 4.25. The molecule has 1 aliphatic carbocycles. The summed E-state index contributed by atoms with van der Waals surface area (Å²) in [5, 5.41) is 3.05. The molecule has 0 bridgehead atoms. The Hall–Kier alpha value is -3.03. The van der Waals surface area contributed by atoms with Gasteiger partial charge in [-0.25, -0.2) is 18.1 Å². The molecule has 0 radical (unpaired) electrons. The number of rotatable bonds is 7. The van der Waals surface area contributed by atoms with Gasteiger partial charge in [0.25, 0.3) is 0 Å². The highest BCUT2D eigenvalue weighted by Crippen LogP contribution is 2.42. The van der Waals surface area contributed by atoms with Crippen LogP contribution < -0.4 is 10.0 Å². The first kappa shape index (κ1) is 22.2. The maximum absolute atomic E-state index is 13.4. The lowest BCUT2D eigenvalue weighted by atomic mass is 9.78. The number of carbonyl (C=O) groups is 1. The number of aromatic nitrogens is 1. The molecular formula is C25H27N3O3S. The Balaban J connectivity index is 1.51. The summed E-state index contributed by atoms with van der Waals surface area (Å²) in [5.74, 6) is 0.519. The molecular weight excluding hydrogens is 422 g/mol.